The quantitative estimate of drug-likeness (QED) is 0.0281. The second-order valence-electron chi connectivity index (χ2n) is 24.5. The Morgan fingerprint density at radius 2 is 1.40 bits per heavy atom. The predicted molar refractivity (Wildman–Crippen MR) is 344 cm³/mol. The molecule has 3 aliphatic heterocycles. The Labute approximate surface area is 534 Å². The highest BCUT2D eigenvalue weighted by Crippen LogP contribution is 2.35. The third kappa shape index (κ3) is 20.0. The van der Waals surface area contributed by atoms with Crippen molar-refractivity contribution in [3.05, 3.63) is 124 Å². The number of carbonyl (C=O) groups excluding carboxylic acids is 5. The van der Waals surface area contributed by atoms with Crippen LogP contribution in [-0.2, 0) is 60.4 Å². The Morgan fingerprint density at radius 3 is 2.03 bits per heavy atom. The highest BCUT2D eigenvalue weighted by molar-refractivity contribution is 7.13. The fraction of sp³-hybridized carbons (Fsp3) is 0.515. The number of likely N-dealkylation sites (tertiary alicyclic amines) is 1. The standard InChI is InChI=1S/C68H86F2N8O12S/c1-45-64(91-44-71-45)49-9-5-46(6-10-49)8-14-62(81)61-42-55(80)43-78(61)67(84)58(68(2,3)4)41-54(79)17-25-86-27-29-88-31-33-90-34-32-89-30-28-87-26-18-63(82)77-21-19-76(20-22-77)53-11-12-56(60(40-53)72-52-15-23-85-24-16-52)66(83)73-65-57-38-47(7-13-59(57)74-75-65)35-48-36-50(69)39-51(70)37-48/h5-7,9-13,36-40,44,52,55,58,61,72,80H,8,14-35,41-43H2,1-4H3,(H2,73,74,75,83)/t55-,58?,61+/m1/s1. The SMILES string of the molecule is Cc1ncsc1-c1ccc(CCC(=O)[C@@H]2C[C@@H](O)CN2C(=O)C(CC(=O)CCOCCOCCOCCOCCOCCC(=O)N2CCN(c3ccc(C(=O)Nc4n[nH]c5ccc(Cc6cc(F)cc(F)c6)cc45)c(NC4CCOCC4)c3)CC2)C(C)(C)C)cc1. The molecule has 3 atom stereocenters. The van der Waals surface area contributed by atoms with Crippen molar-refractivity contribution in [3.8, 4) is 10.4 Å². The predicted octanol–water partition coefficient (Wildman–Crippen LogP) is 9.00. The molecule has 0 saturated carbocycles. The van der Waals surface area contributed by atoms with Crippen LogP contribution in [0, 0.1) is 29.9 Å². The second kappa shape index (κ2) is 33.5. The number of rotatable bonds is 33. The third-order valence-corrected chi connectivity index (χ3v) is 17.8. The number of fused-ring (bicyclic) bond motifs is 1. The van der Waals surface area contributed by atoms with Crippen molar-refractivity contribution in [2.45, 2.75) is 104 Å². The number of aliphatic hydroxyl groups excluding tert-OH is 1. The van der Waals surface area contributed by atoms with Gasteiger partial charge in [-0.15, -0.1) is 11.3 Å². The highest BCUT2D eigenvalue weighted by atomic mass is 32.1. The van der Waals surface area contributed by atoms with Crippen LogP contribution in [0.4, 0.5) is 26.0 Å². The van der Waals surface area contributed by atoms with E-state index in [4.69, 9.17) is 28.4 Å². The Hall–Kier alpha value is -7.09. The number of ether oxygens (including phenoxy) is 6. The molecule has 6 aromatic rings. The number of thiazole rings is 1. The summed E-state index contributed by atoms with van der Waals surface area (Å²) in [5, 5.41) is 25.2. The van der Waals surface area contributed by atoms with Gasteiger partial charge in [-0.2, -0.15) is 5.10 Å². The highest BCUT2D eigenvalue weighted by Gasteiger charge is 2.44. The number of nitrogens with one attached hydrogen (secondary N) is 3. The number of benzene rings is 4. The minimum absolute atomic E-state index is 0.00846. The lowest BCUT2D eigenvalue weighted by Crippen LogP contribution is -2.49. The molecule has 91 heavy (non-hydrogen) atoms. The number of anilines is 3. The van der Waals surface area contributed by atoms with Crippen molar-refractivity contribution < 1.29 is 66.3 Å². The topological polar surface area (TPSA) is 236 Å². The lowest BCUT2D eigenvalue weighted by molar-refractivity contribution is -0.146. The maximum absolute atomic E-state index is 14.1. The van der Waals surface area contributed by atoms with Gasteiger partial charge in [0.2, 0.25) is 11.8 Å². The first-order valence-electron chi connectivity index (χ1n) is 31.6. The summed E-state index contributed by atoms with van der Waals surface area (Å²) in [7, 11) is 0. The number of carbonyl (C=O) groups is 5. The number of aromatic nitrogens is 3. The number of ketones is 2. The summed E-state index contributed by atoms with van der Waals surface area (Å²) >= 11 is 1.59. The molecule has 1 unspecified atom stereocenters. The summed E-state index contributed by atoms with van der Waals surface area (Å²) in [5.41, 5.74) is 8.35. The monoisotopic (exact) mass is 1280 g/mol. The Morgan fingerprint density at radius 1 is 0.758 bits per heavy atom. The Balaban J connectivity index is 0.597. The summed E-state index contributed by atoms with van der Waals surface area (Å²) in [6.07, 6.45) is 2.38. The molecule has 0 aliphatic carbocycles. The molecule has 490 valence electrons. The van der Waals surface area contributed by atoms with Gasteiger partial charge in [0.15, 0.2) is 11.6 Å². The fourth-order valence-corrected chi connectivity index (χ4v) is 12.5. The van der Waals surface area contributed by atoms with E-state index in [1.165, 1.54) is 17.0 Å². The maximum atomic E-state index is 14.1. The molecule has 0 radical (unpaired) electrons. The first kappa shape index (κ1) is 68.3. The lowest BCUT2D eigenvalue weighted by atomic mass is 9.76. The van der Waals surface area contributed by atoms with E-state index in [-0.39, 0.29) is 93.8 Å². The van der Waals surface area contributed by atoms with Crippen LogP contribution in [0.5, 0.6) is 0 Å². The van der Waals surface area contributed by atoms with Crippen LogP contribution >= 0.6 is 11.3 Å². The maximum Gasteiger partial charge on any atom is 0.258 e. The molecule has 3 fully saturated rings. The molecule has 3 amide bonds. The number of aliphatic hydroxyl groups is 1. The van der Waals surface area contributed by atoms with Gasteiger partial charge in [-0.1, -0.05) is 51.1 Å². The molecule has 4 N–H and O–H groups in total. The molecule has 2 aromatic heterocycles. The van der Waals surface area contributed by atoms with Crippen molar-refractivity contribution in [2.75, 3.05) is 128 Å². The summed E-state index contributed by atoms with van der Waals surface area (Å²) in [6.45, 7) is 14.5. The number of aromatic amines is 1. The Kier molecular flexibility index (Phi) is 25.1. The summed E-state index contributed by atoms with van der Waals surface area (Å²) in [5.74, 6) is -2.46. The molecule has 4 aromatic carbocycles. The molecule has 3 saturated heterocycles. The second-order valence-corrected chi connectivity index (χ2v) is 25.4. The molecule has 5 heterocycles. The van der Waals surface area contributed by atoms with E-state index in [9.17, 15) is 37.9 Å². The number of nitrogens with zero attached hydrogens (tertiary/aromatic N) is 5. The van der Waals surface area contributed by atoms with E-state index in [1.54, 1.807) is 17.4 Å². The third-order valence-electron chi connectivity index (χ3n) is 16.8. The van der Waals surface area contributed by atoms with Gasteiger partial charge in [0.05, 0.1) is 112 Å². The molecular weight excluding hydrogens is 1190 g/mol. The van der Waals surface area contributed by atoms with Crippen LogP contribution in [-0.4, -0.2) is 190 Å². The molecule has 0 spiro atoms. The van der Waals surface area contributed by atoms with Crippen LogP contribution < -0.4 is 15.5 Å². The van der Waals surface area contributed by atoms with E-state index in [0.29, 0.717) is 132 Å². The number of β-amino-alcohol motifs (C(OH)–C–C–N with tert-alkyl or cyclic N) is 1. The van der Waals surface area contributed by atoms with Crippen molar-refractivity contribution in [1.82, 2.24) is 25.0 Å². The molecule has 3 aliphatic rings. The van der Waals surface area contributed by atoms with Crippen molar-refractivity contribution in [1.29, 1.82) is 0 Å². The Bertz CT molecular complexity index is 3360. The van der Waals surface area contributed by atoms with Crippen LogP contribution in [0.3, 0.4) is 0 Å². The number of halogens is 2. The summed E-state index contributed by atoms with van der Waals surface area (Å²) < 4.78 is 61.7. The normalized spacial score (nSPS) is 16.8. The minimum Gasteiger partial charge on any atom is -0.391 e. The zero-order valence-electron chi connectivity index (χ0n) is 52.6. The minimum atomic E-state index is -0.811. The van der Waals surface area contributed by atoms with Crippen LogP contribution in [0.15, 0.2) is 84.4 Å². The van der Waals surface area contributed by atoms with E-state index >= 15 is 0 Å². The van der Waals surface area contributed by atoms with Crippen LogP contribution in [0.2, 0.25) is 0 Å². The van der Waals surface area contributed by atoms with Gasteiger partial charge in [0, 0.05) is 106 Å². The van der Waals surface area contributed by atoms with Gasteiger partial charge in [0.25, 0.3) is 5.91 Å². The number of Topliss-reactive ketones (excluding diaryl/α,β-unsaturated/α-hetero) is 2. The zero-order valence-corrected chi connectivity index (χ0v) is 53.4. The van der Waals surface area contributed by atoms with E-state index < -0.39 is 35.1 Å². The van der Waals surface area contributed by atoms with Crippen LogP contribution in [0.25, 0.3) is 21.3 Å². The van der Waals surface area contributed by atoms with Gasteiger partial charge in [-0.25, -0.2) is 13.8 Å². The average Bonchev–Trinajstić information content (AvgIpc) is 2.51. The molecule has 9 rings (SSSR count). The average molecular weight is 1280 g/mol. The number of piperazine rings is 1. The van der Waals surface area contributed by atoms with Gasteiger partial charge in [-0.05, 0) is 103 Å². The first-order valence-corrected chi connectivity index (χ1v) is 32.5. The van der Waals surface area contributed by atoms with Gasteiger partial charge in [0.1, 0.15) is 17.4 Å². The largest absolute Gasteiger partial charge is 0.391 e. The summed E-state index contributed by atoms with van der Waals surface area (Å²) in [6, 6.07) is 22.1. The first-order chi connectivity index (χ1) is 43.9. The molecule has 23 heteroatoms. The smallest absolute Gasteiger partial charge is 0.258 e. The van der Waals surface area contributed by atoms with Gasteiger partial charge >= 0.3 is 0 Å². The molecular formula is C68H86F2N8O12S. The lowest BCUT2D eigenvalue weighted by Gasteiger charge is -2.36. The number of aryl methyl sites for hydroxylation is 2. The molecule has 20 nitrogen and oxygen atoms in total. The summed E-state index contributed by atoms with van der Waals surface area (Å²) in [4.78, 5) is 79.1. The van der Waals surface area contributed by atoms with Gasteiger partial charge in [-0.3, -0.25) is 29.1 Å². The molecule has 0 bridgehead atoms. The van der Waals surface area contributed by atoms with E-state index in [0.717, 1.165) is 51.9 Å². The number of hydrogen-bond acceptors (Lipinski definition) is 17. The number of hydrogen-bond donors (Lipinski definition) is 4. The van der Waals surface area contributed by atoms with Crippen LogP contribution in [0.1, 0.15) is 98.5 Å². The van der Waals surface area contributed by atoms with E-state index in [1.807, 2.05) is 92.7 Å². The van der Waals surface area contributed by atoms with E-state index in [2.05, 4.69) is 30.7 Å². The van der Waals surface area contributed by atoms with Gasteiger partial charge < -0.3 is 58.9 Å². The zero-order chi connectivity index (χ0) is 64.3. The van der Waals surface area contributed by atoms with Crippen molar-refractivity contribution in [2.24, 2.45) is 11.3 Å². The fourth-order valence-electron chi connectivity index (χ4n) is 11.7. The number of amides is 3. The number of H-pyrrole nitrogens is 1. The van der Waals surface area contributed by atoms with Crippen molar-refractivity contribution >= 4 is 68.7 Å². The van der Waals surface area contributed by atoms with Crippen molar-refractivity contribution in [3.63, 3.8) is 0 Å².